The quantitative estimate of drug-likeness (QED) is 0.812. The van der Waals surface area contributed by atoms with Gasteiger partial charge in [-0.3, -0.25) is 0 Å². The first kappa shape index (κ1) is 14.5. The molecule has 0 radical (unpaired) electrons. The lowest BCUT2D eigenvalue weighted by Gasteiger charge is -2.13. The molecule has 0 fully saturated rings. The zero-order valence-electron chi connectivity index (χ0n) is 11.7. The van der Waals surface area contributed by atoms with Gasteiger partial charge in [-0.1, -0.05) is 32.0 Å². The van der Waals surface area contributed by atoms with Crippen LogP contribution in [0.4, 0.5) is 4.79 Å². The molecule has 2 aromatic rings. The lowest BCUT2D eigenvalue weighted by atomic mass is 10.2. The lowest BCUT2D eigenvalue weighted by Crippen LogP contribution is -2.24. The molecule has 0 aliphatic heterocycles. The van der Waals surface area contributed by atoms with Crippen molar-refractivity contribution in [2.75, 3.05) is 6.61 Å². The molecule has 5 nitrogen and oxygen atoms in total. The summed E-state index contributed by atoms with van der Waals surface area (Å²) in [4.78, 5) is 16.5. The zero-order valence-corrected chi connectivity index (χ0v) is 12.6. The Morgan fingerprint density at radius 1 is 1.35 bits per heavy atom. The van der Waals surface area contributed by atoms with Crippen molar-refractivity contribution >= 4 is 18.3 Å². The minimum Gasteiger partial charge on any atom is -0.448 e. The number of carbonyl (C=O) groups excluding carboxylic acids is 1. The maximum Gasteiger partial charge on any atom is 0.435 e. The van der Waals surface area contributed by atoms with E-state index in [-0.39, 0.29) is 5.92 Å². The molecule has 1 aromatic carbocycles. The van der Waals surface area contributed by atoms with Gasteiger partial charge in [0.05, 0.1) is 12.3 Å². The summed E-state index contributed by atoms with van der Waals surface area (Å²) in [6, 6.07) is 9.42. The van der Waals surface area contributed by atoms with Gasteiger partial charge in [0, 0.05) is 5.92 Å². The van der Waals surface area contributed by atoms with Gasteiger partial charge in [-0.05, 0) is 31.3 Å². The number of carbonyl (C=O) groups is 1. The zero-order chi connectivity index (χ0) is 14.7. The van der Waals surface area contributed by atoms with Gasteiger partial charge in [-0.2, -0.15) is 4.68 Å². The number of para-hydroxylation sites is 1. The van der Waals surface area contributed by atoms with Gasteiger partial charge in [0.25, 0.3) is 0 Å². The molecule has 0 saturated carbocycles. The van der Waals surface area contributed by atoms with Crippen LogP contribution in [0.2, 0.25) is 0 Å². The molecule has 20 heavy (non-hydrogen) atoms. The Balaban J connectivity index is 2.67. The Morgan fingerprint density at radius 3 is 2.55 bits per heavy atom. The summed E-state index contributed by atoms with van der Waals surface area (Å²) in [6.07, 6.45) is -0.469. The Labute approximate surface area is 122 Å². The predicted octanol–water partition coefficient (Wildman–Crippen LogP) is 3.53. The fourth-order valence-corrected chi connectivity index (χ4v) is 2.19. The number of rotatable bonds is 3. The molecular weight excluding hydrogens is 274 g/mol. The number of aromatic nitrogens is 3. The molecule has 0 bridgehead atoms. The number of benzene rings is 1. The summed E-state index contributed by atoms with van der Waals surface area (Å²) < 4.78 is 8.46. The largest absolute Gasteiger partial charge is 0.448 e. The summed E-state index contributed by atoms with van der Waals surface area (Å²) in [5.41, 5.74) is 0.782. The first-order valence-electron chi connectivity index (χ1n) is 6.50. The minimum atomic E-state index is -0.469. The van der Waals surface area contributed by atoms with Crippen molar-refractivity contribution in [2.45, 2.75) is 26.7 Å². The Morgan fingerprint density at radius 2 is 2.00 bits per heavy atom. The first-order chi connectivity index (χ1) is 9.56. The van der Waals surface area contributed by atoms with E-state index in [0.717, 1.165) is 5.69 Å². The van der Waals surface area contributed by atoms with Crippen molar-refractivity contribution in [1.82, 2.24) is 14.3 Å². The van der Waals surface area contributed by atoms with Gasteiger partial charge < -0.3 is 4.74 Å². The average molecular weight is 291 g/mol. The predicted molar refractivity (Wildman–Crippen MR) is 78.9 cm³/mol. The minimum absolute atomic E-state index is 0.0612. The normalized spacial score (nSPS) is 10.8. The van der Waals surface area contributed by atoms with Gasteiger partial charge >= 0.3 is 6.09 Å². The molecule has 0 N–H and O–H groups in total. The molecule has 0 aliphatic carbocycles. The second kappa shape index (κ2) is 6.00. The number of hydrogen-bond acceptors (Lipinski definition) is 4. The average Bonchev–Trinajstić information content (AvgIpc) is 2.78. The van der Waals surface area contributed by atoms with E-state index < -0.39 is 6.09 Å². The van der Waals surface area contributed by atoms with E-state index >= 15 is 0 Å². The van der Waals surface area contributed by atoms with Crippen LogP contribution in [-0.2, 0) is 4.74 Å². The maximum absolute atomic E-state index is 12.2. The summed E-state index contributed by atoms with van der Waals surface area (Å²) >= 11 is 5.29. The van der Waals surface area contributed by atoms with E-state index in [2.05, 4.69) is 4.98 Å². The molecule has 6 heteroatoms. The molecule has 0 aliphatic rings. The Bertz CT molecular complexity index is 659. The van der Waals surface area contributed by atoms with Crippen LogP contribution in [0.3, 0.4) is 0 Å². The van der Waals surface area contributed by atoms with Crippen LogP contribution in [0.25, 0.3) is 5.69 Å². The van der Waals surface area contributed by atoms with E-state index in [1.54, 1.807) is 11.6 Å². The number of ether oxygens (including phenoxy) is 1. The smallest absolute Gasteiger partial charge is 0.435 e. The highest BCUT2D eigenvalue weighted by Gasteiger charge is 2.21. The van der Waals surface area contributed by atoms with Crippen LogP contribution in [0.5, 0.6) is 0 Å². The van der Waals surface area contributed by atoms with Gasteiger partial charge in [-0.25, -0.2) is 14.5 Å². The first-order valence-corrected chi connectivity index (χ1v) is 6.91. The molecule has 0 atom stereocenters. The van der Waals surface area contributed by atoms with E-state index in [1.807, 2.05) is 44.2 Å². The van der Waals surface area contributed by atoms with Crippen LogP contribution in [0.1, 0.15) is 32.5 Å². The second-order valence-electron chi connectivity index (χ2n) is 4.57. The highest BCUT2D eigenvalue weighted by Crippen LogP contribution is 2.17. The summed E-state index contributed by atoms with van der Waals surface area (Å²) in [7, 11) is 0. The van der Waals surface area contributed by atoms with E-state index in [9.17, 15) is 4.79 Å². The van der Waals surface area contributed by atoms with Gasteiger partial charge in [-0.15, -0.1) is 0 Å². The summed E-state index contributed by atoms with van der Waals surface area (Å²) in [5.74, 6) is 0.656. The summed E-state index contributed by atoms with van der Waals surface area (Å²) in [6.45, 7) is 5.99. The van der Waals surface area contributed by atoms with Crippen molar-refractivity contribution < 1.29 is 9.53 Å². The third kappa shape index (κ3) is 2.65. The Kier molecular flexibility index (Phi) is 4.34. The van der Waals surface area contributed by atoms with Crippen LogP contribution in [0.15, 0.2) is 30.3 Å². The molecular formula is C14H17N3O2S. The van der Waals surface area contributed by atoms with Crippen molar-refractivity contribution in [3.63, 3.8) is 0 Å². The highest BCUT2D eigenvalue weighted by molar-refractivity contribution is 7.71. The molecule has 1 heterocycles. The standard InChI is InChI=1S/C14H17N3O2S/c1-4-19-14(18)17-12(10(2)3)15-13(20)16(17)11-8-6-5-7-9-11/h5-10H,4H2,1-3H3. The fourth-order valence-electron chi connectivity index (χ4n) is 1.91. The van der Waals surface area contributed by atoms with Crippen molar-refractivity contribution in [2.24, 2.45) is 0 Å². The van der Waals surface area contributed by atoms with Crippen LogP contribution in [0, 0.1) is 4.77 Å². The molecule has 0 amide bonds. The Hall–Kier alpha value is -1.95. The van der Waals surface area contributed by atoms with Crippen LogP contribution < -0.4 is 0 Å². The van der Waals surface area contributed by atoms with Crippen LogP contribution >= 0.6 is 12.2 Å². The van der Waals surface area contributed by atoms with Crippen molar-refractivity contribution in [1.29, 1.82) is 0 Å². The van der Waals surface area contributed by atoms with Crippen molar-refractivity contribution in [3.8, 4) is 5.69 Å². The fraction of sp³-hybridized carbons (Fsp3) is 0.357. The lowest BCUT2D eigenvalue weighted by molar-refractivity contribution is 0.147. The van der Waals surface area contributed by atoms with E-state index in [0.29, 0.717) is 17.2 Å². The molecule has 0 unspecified atom stereocenters. The molecule has 0 spiro atoms. The molecule has 0 saturated heterocycles. The maximum atomic E-state index is 12.2. The van der Waals surface area contributed by atoms with Gasteiger partial charge in [0.1, 0.15) is 5.82 Å². The summed E-state index contributed by atoms with van der Waals surface area (Å²) in [5, 5.41) is 0. The van der Waals surface area contributed by atoms with E-state index in [4.69, 9.17) is 17.0 Å². The van der Waals surface area contributed by atoms with Crippen LogP contribution in [-0.4, -0.2) is 27.0 Å². The van der Waals surface area contributed by atoms with E-state index in [1.165, 1.54) is 4.68 Å². The highest BCUT2D eigenvalue weighted by atomic mass is 32.1. The number of hydrogen-bond donors (Lipinski definition) is 0. The second-order valence-corrected chi connectivity index (χ2v) is 4.93. The third-order valence-corrected chi connectivity index (χ3v) is 3.03. The third-order valence-electron chi connectivity index (χ3n) is 2.77. The van der Waals surface area contributed by atoms with Crippen molar-refractivity contribution in [3.05, 3.63) is 40.9 Å². The number of nitrogens with zero attached hydrogens (tertiary/aromatic N) is 3. The van der Waals surface area contributed by atoms with Gasteiger partial charge in [0.2, 0.25) is 4.77 Å². The monoisotopic (exact) mass is 291 g/mol. The SMILES string of the molecule is CCOC(=O)n1c(C(C)C)nc(=S)n1-c1ccccc1. The van der Waals surface area contributed by atoms with Gasteiger partial charge in [0.15, 0.2) is 0 Å². The molecule has 1 aromatic heterocycles. The topological polar surface area (TPSA) is 49.1 Å². The molecule has 2 rings (SSSR count). The molecule has 106 valence electrons.